The Morgan fingerprint density at radius 2 is 2.00 bits per heavy atom. The van der Waals surface area contributed by atoms with Gasteiger partial charge in [-0.25, -0.2) is 0 Å². The van der Waals surface area contributed by atoms with Crippen LogP contribution >= 0.6 is 0 Å². The Morgan fingerprint density at radius 1 is 1.25 bits per heavy atom. The van der Waals surface area contributed by atoms with Crippen molar-refractivity contribution in [2.24, 2.45) is 11.3 Å². The molecule has 0 spiro atoms. The number of likely N-dealkylation sites (tertiary alicyclic amines) is 1. The van der Waals surface area contributed by atoms with Crippen LogP contribution in [0.2, 0.25) is 0 Å². The van der Waals surface area contributed by atoms with E-state index in [1.807, 2.05) is 0 Å². The highest BCUT2D eigenvalue weighted by atomic mass is 16.1. The van der Waals surface area contributed by atoms with Gasteiger partial charge in [0.2, 0.25) is 0 Å². The number of carbonyl (C=O) groups excluding carboxylic acids is 1. The molecule has 0 radical (unpaired) electrons. The van der Waals surface area contributed by atoms with Gasteiger partial charge in [0.25, 0.3) is 0 Å². The van der Waals surface area contributed by atoms with Crippen LogP contribution in [0, 0.1) is 11.3 Å². The van der Waals surface area contributed by atoms with Crippen LogP contribution in [0.3, 0.4) is 0 Å². The summed E-state index contributed by atoms with van der Waals surface area (Å²) in [6.45, 7) is 11.0. The molecular weight excluding hydrogens is 248 g/mol. The van der Waals surface area contributed by atoms with E-state index in [1.165, 1.54) is 25.8 Å². The zero-order chi connectivity index (χ0) is 14.8. The molecule has 2 rings (SSSR count). The second-order valence-electron chi connectivity index (χ2n) is 7.48. The number of carbonyl (C=O) groups is 1. The van der Waals surface area contributed by atoms with Crippen molar-refractivity contribution in [3.05, 3.63) is 0 Å². The molecule has 0 N–H and O–H groups in total. The number of nitrogens with zero attached hydrogens (tertiary/aromatic N) is 2. The zero-order valence-electron chi connectivity index (χ0n) is 13.8. The molecule has 0 aromatic rings. The largest absolute Gasteiger partial charge is 0.304 e. The van der Waals surface area contributed by atoms with Gasteiger partial charge in [-0.2, -0.15) is 0 Å². The predicted octanol–water partition coefficient (Wildman–Crippen LogP) is 2.80. The summed E-state index contributed by atoms with van der Waals surface area (Å²) >= 11 is 0. The van der Waals surface area contributed by atoms with Crippen molar-refractivity contribution in [1.29, 1.82) is 0 Å². The molecule has 3 heteroatoms. The van der Waals surface area contributed by atoms with Crippen molar-refractivity contribution in [3.63, 3.8) is 0 Å². The average molecular weight is 280 g/mol. The number of hydrogen-bond donors (Lipinski definition) is 0. The summed E-state index contributed by atoms with van der Waals surface area (Å²) < 4.78 is 0. The number of ketones is 1. The molecule has 0 amide bonds. The minimum Gasteiger partial charge on any atom is -0.304 e. The van der Waals surface area contributed by atoms with E-state index in [1.54, 1.807) is 0 Å². The molecule has 1 aliphatic carbocycles. The molecule has 116 valence electrons. The highest BCUT2D eigenvalue weighted by Crippen LogP contribution is 2.35. The van der Waals surface area contributed by atoms with Gasteiger partial charge in [-0.3, -0.25) is 9.69 Å². The fraction of sp³-hybridized carbons (Fsp3) is 0.941. The Balaban J connectivity index is 1.85. The van der Waals surface area contributed by atoms with Crippen LogP contribution in [0.1, 0.15) is 52.9 Å². The first kappa shape index (κ1) is 16.0. The maximum atomic E-state index is 12.5. The zero-order valence-corrected chi connectivity index (χ0v) is 13.8. The summed E-state index contributed by atoms with van der Waals surface area (Å²) in [5.41, 5.74) is -0.0907. The lowest BCUT2D eigenvalue weighted by atomic mass is 9.71. The molecule has 1 heterocycles. The van der Waals surface area contributed by atoms with Crippen molar-refractivity contribution in [1.82, 2.24) is 9.80 Å². The maximum Gasteiger partial charge on any atom is 0.142 e. The number of rotatable bonds is 5. The van der Waals surface area contributed by atoms with E-state index < -0.39 is 0 Å². The SMILES string of the molecule is CCN1CCCC1CN(C)CC1CCCC(C)(C)C1=O. The van der Waals surface area contributed by atoms with Crippen LogP contribution in [0.4, 0.5) is 0 Å². The fourth-order valence-electron chi connectivity index (χ4n) is 4.10. The second-order valence-corrected chi connectivity index (χ2v) is 7.48. The van der Waals surface area contributed by atoms with Crippen molar-refractivity contribution < 1.29 is 4.79 Å². The molecule has 0 bridgehead atoms. The quantitative estimate of drug-likeness (QED) is 0.773. The smallest absolute Gasteiger partial charge is 0.142 e. The number of Topliss-reactive ketones (excluding diaryl/α,β-unsaturated/α-hetero) is 1. The molecule has 1 saturated heterocycles. The number of likely N-dealkylation sites (N-methyl/N-ethyl adjacent to an activating group) is 2. The summed E-state index contributed by atoms with van der Waals surface area (Å²) in [4.78, 5) is 17.5. The molecule has 1 saturated carbocycles. The third kappa shape index (κ3) is 3.62. The van der Waals surface area contributed by atoms with Crippen LogP contribution < -0.4 is 0 Å². The Bertz CT molecular complexity index is 340. The molecular formula is C17H32N2O. The third-order valence-corrected chi connectivity index (χ3v) is 5.35. The standard InChI is InChI=1S/C17H32N2O/c1-5-19-11-7-9-15(19)13-18(4)12-14-8-6-10-17(2,3)16(14)20/h14-15H,5-13H2,1-4H3. The topological polar surface area (TPSA) is 23.6 Å². The van der Waals surface area contributed by atoms with Gasteiger partial charge < -0.3 is 4.90 Å². The van der Waals surface area contributed by atoms with Crippen LogP contribution in [-0.4, -0.2) is 54.9 Å². The summed E-state index contributed by atoms with van der Waals surface area (Å²) in [6, 6.07) is 0.705. The monoisotopic (exact) mass is 280 g/mol. The second kappa shape index (κ2) is 6.57. The lowest BCUT2D eigenvalue weighted by Gasteiger charge is -2.36. The minimum absolute atomic E-state index is 0.0907. The molecule has 3 nitrogen and oxygen atoms in total. The van der Waals surface area contributed by atoms with Gasteiger partial charge in [-0.1, -0.05) is 27.2 Å². The molecule has 2 aliphatic rings. The molecule has 2 fully saturated rings. The van der Waals surface area contributed by atoms with Gasteiger partial charge in [0.1, 0.15) is 5.78 Å². The molecule has 0 aromatic heterocycles. The van der Waals surface area contributed by atoms with E-state index in [2.05, 4.69) is 37.6 Å². The maximum absolute atomic E-state index is 12.5. The average Bonchev–Trinajstić information content (AvgIpc) is 2.82. The van der Waals surface area contributed by atoms with Gasteiger partial charge in [0.05, 0.1) is 0 Å². The van der Waals surface area contributed by atoms with E-state index in [0.717, 1.165) is 32.5 Å². The van der Waals surface area contributed by atoms with Gasteiger partial charge in [-0.05, 0) is 45.8 Å². The molecule has 2 atom stereocenters. The fourth-order valence-corrected chi connectivity index (χ4v) is 4.10. The highest BCUT2D eigenvalue weighted by Gasteiger charge is 2.37. The summed E-state index contributed by atoms with van der Waals surface area (Å²) in [6.07, 6.45) is 6.03. The van der Waals surface area contributed by atoms with Crippen LogP contribution in [0.5, 0.6) is 0 Å². The molecule has 1 aliphatic heterocycles. The lowest BCUT2D eigenvalue weighted by Crippen LogP contribution is -2.44. The van der Waals surface area contributed by atoms with Gasteiger partial charge in [0.15, 0.2) is 0 Å². The van der Waals surface area contributed by atoms with Gasteiger partial charge >= 0.3 is 0 Å². The highest BCUT2D eigenvalue weighted by molar-refractivity contribution is 5.87. The first-order valence-electron chi connectivity index (χ1n) is 8.41. The first-order chi connectivity index (χ1) is 9.44. The summed E-state index contributed by atoms with van der Waals surface area (Å²) in [5, 5.41) is 0. The van der Waals surface area contributed by atoms with Crippen LogP contribution in [-0.2, 0) is 4.79 Å². The normalized spacial score (nSPS) is 31.1. The van der Waals surface area contributed by atoms with Gasteiger partial charge in [0, 0.05) is 30.5 Å². The van der Waals surface area contributed by atoms with E-state index in [-0.39, 0.29) is 11.3 Å². The third-order valence-electron chi connectivity index (χ3n) is 5.35. The van der Waals surface area contributed by atoms with E-state index in [0.29, 0.717) is 11.8 Å². The van der Waals surface area contributed by atoms with E-state index in [9.17, 15) is 4.79 Å². The Labute approximate surface area is 124 Å². The van der Waals surface area contributed by atoms with E-state index in [4.69, 9.17) is 0 Å². The molecule has 0 aromatic carbocycles. The minimum atomic E-state index is -0.0907. The Hall–Kier alpha value is -0.410. The molecule has 2 unspecified atom stereocenters. The van der Waals surface area contributed by atoms with Crippen molar-refractivity contribution in [2.75, 3.05) is 33.2 Å². The summed E-state index contributed by atoms with van der Waals surface area (Å²) in [7, 11) is 2.20. The van der Waals surface area contributed by atoms with Crippen molar-refractivity contribution in [3.8, 4) is 0 Å². The Morgan fingerprint density at radius 3 is 2.70 bits per heavy atom. The van der Waals surface area contributed by atoms with Crippen LogP contribution in [0.15, 0.2) is 0 Å². The van der Waals surface area contributed by atoms with Crippen molar-refractivity contribution in [2.45, 2.75) is 58.9 Å². The van der Waals surface area contributed by atoms with Crippen LogP contribution in [0.25, 0.3) is 0 Å². The first-order valence-corrected chi connectivity index (χ1v) is 8.41. The lowest BCUT2D eigenvalue weighted by molar-refractivity contribution is -0.134. The summed E-state index contributed by atoms with van der Waals surface area (Å²) in [5.74, 6) is 0.759. The Kier molecular flexibility index (Phi) is 5.25. The van der Waals surface area contributed by atoms with Crippen molar-refractivity contribution >= 4 is 5.78 Å². The predicted molar refractivity (Wildman–Crippen MR) is 83.9 cm³/mol. The molecule has 20 heavy (non-hydrogen) atoms. The van der Waals surface area contributed by atoms with Gasteiger partial charge in [-0.15, -0.1) is 0 Å². The van der Waals surface area contributed by atoms with E-state index >= 15 is 0 Å². The number of hydrogen-bond acceptors (Lipinski definition) is 3.